The Morgan fingerprint density at radius 1 is 1.19 bits per heavy atom. The molecule has 1 heterocycles. The number of benzene rings is 2. The highest BCUT2D eigenvalue weighted by Gasteiger charge is 2.33. The Labute approximate surface area is 157 Å². The summed E-state index contributed by atoms with van der Waals surface area (Å²) < 4.78 is 15.9. The van der Waals surface area contributed by atoms with E-state index in [2.05, 4.69) is 5.32 Å². The van der Waals surface area contributed by atoms with Gasteiger partial charge in [-0.05, 0) is 30.7 Å². The van der Waals surface area contributed by atoms with Gasteiger partial charge in [0.25, 0.3) is 5.91 Å². The van der Waals surface area contributed by atoms with Gasteiger partial charge in [0.1, 0.15) is 6.10 Å². The zero-order chi connectivity index (χ0) is 19.4. The monoisotopic (exact) mass is 370 g/mol. The first-order chi connectivity index (χ1) is 13.0. The van der Waals surface area contributed by atoms with Crippen LogP contribution in [0, 0.1) is 6.92 Å². The molecule has 142 valence electrons. The number of hydrogen-bond acceptors (Lipinski definition) is 5. The number of cyclic esters (lactones) is 1. The van der Waals surface area contributed by atoms with E-state index < -0.39 is 12.2 Å². The molecular formula is C20H22N2O5. The van der Waals surface area contributed by atoms with Crippen molar-refractivity contribution in [1.29, 1.82) is 0 Å². The highest BCUT2D eigenvalue weighted by atomic mass is 16.6. The SMILES string of the molecule is COc1ccc(N2CC(CNC(=O)c3ccccc3C)OC2=O)cc1OC. The molecule has 2 aromatic rings. The summed E-state index contributed by atoms with van der Waals surface area (Å²) in [4.78, 5) is 26.0. The van der Waals surface area contributed by atoms with Crippen LogP contribution in [0.15, 0.2) is 42.5 Å². The lowest BCUT2D eigenvalue weighted by Crippen LogP contribution is -2.34. The molecule has 7 nitrogen and oxygen atoms in total. The lowest BCUT2D eigenvalue weighted by molar-refractivity contribution is 0.0915. The van der Waals surface area contributed by atoms with E-state index in [9.17, 15) is 9.59 Å². The van der Waals surface area contributed by atoms with Crippen molar-refractivity contribution in [3.63, 3.8) is 0 Å². The van der Waals surface area contributed by atoms with Gasteiger partial charge in [-0.1, -0.05) is 18.2 Å². The third kappa shape index (κ3) is 3.97. The lowest BCUT2D eigenvalue weighted by atomic mass is 10.1. The van der Waals surface area contributed by atoms with Gasteiger partial charge >= 0.3 is 6.09 Å². The maximum Gasteiger partial charge on any atom is 0.414 e. The largest absolute Gasteiger partial charge is 0.493 e. The van der Waals surface area contributed by atoms with Crippen molar-refractivity contribution in [2.24, 2.45) is 0 Å². The normalized spacial score (nSPS) is 16.0. The van der Waals surface area contributed by atoms with Gasteiger partial charge in [-0.15, -0.1) is 0 Å². The van der Waals surface area contributed by atoms with Crippen LogP contribution in [0.3, 0.4) is 0 Å². The number of methoxy groups -OCH3 is 2. The average molecular weight is 370 g/mol. The number of anilines is 1. The molecule has 2 amide bonds. The molecule has 1 saturated heterocycles. The van der Waals surface area contributed by atoms with Crippen LogP contribution in [0.2, 0.25) is 0 Å². The van der Waals surface area contributed by atoms with Crippen LogP contribution in [0.25, 0.3) is 0 Å². The fourth-order valence-corrected chi connectivity index (χ4v) is 2.96. The molecule has 7 heteroatoms. The summed E-state index contributed by atoms with van der Waals surface area (Å²) in [5.41, 5.74) is 2.15. The zero-order valence-corrected chi connectivity index (χ0v) is 15.5. The Balaban J connectivity index is 1.64. The van der Waals surface area contributed by atoms with Crippen molar-refractivity contribution in [2.75, 3.05) is 32.2 Å². The van der Waals surface area contributed by atoms with Crippen LogP contribution in [0.4, 0.5) is 10.5 Å². The third-order valence-corrected chi connectivity index (χ3v) is 4.43. The highest BCUT2D eigenvalue weighted by molar-refractivity contribution is 5.95. The Morgan fingerprint density at radius 2 is 1.93 bits per heavy atom. The Hall–Kier alpha value is -3.22. The van der Waals surface area contributed by atoms with Gasteiger partial charge in [0, 0.05) is 11.6 Å². The summed E-state index contributed by atoms with van der Waals surface area (Å²) in [6, 6.07) is 12.5. The van der Waals surface area contributed by atoms with E-state index in [0.29, 0.717) is 29.3 Å². The van der Waals surface area contributed by atoms with Crippen molar-refractivity contribution in [2.45, 2.75) is 13.0 Å². The number of ether oxygens (including phenoxy) is 3. The van der Waals surface area contributed by atoms with Crippen LogP contribution >= 0.6 is 0 Å². The number of hydrogen-bond donors (Lipinski definition) is 1. The van der Waals surface area contributed by atoms with Crippen molar-refractivity contribution < 1.29 is 23.8 Å². The van der Waals surface area contributed by atoms with Crippen LogP contribution in [0.5, 0.6) is 11.5 Å². The topological polar surface area (TPSA) is 77.1 Å². The number of carbonyl (C=O) groups is 2. The maximum absolute atomic E-state index is 12.3. The first-order valence-electron chi connectivity index (χ1n) is 8.57. The number of nitrogens with zero attached hydrogens (tertiary/aromatic N) is 1. The van der Waals surface area contributed by atoms with Gasteiger partial charge in [0.05, 0.1) is 33.0 Å². The molecule has 0 aromatic heterocycles. The minimum atomic E-state index is -0.461. The Kier molecular flexibility index (Phi) is 5.49. The van der Waals surface area contributed by atoms with E-state index >= 15 is 0 Å². The summed E-state index contributed by atoms with van der Waals surface area (Å²) in [6.07, 6.45) is -0.893. The van der Waals surface area contributed by atoms with Gasteiger partial charge in [-0.25, -0.2) is 4.79 Å². The molecule has 1 atom stereocenters. The van der Waals surface area contributed by atoms with Crippen LogP contribution < -0.4 is 19.7 Å². The molecule has 1 aliphatic rings. The molecule has 1 aliphatic heterocycles. The van der Waals surface area contributed by atoms with Gasteiger partial charge in [-0.3, -0.25) is 9.69 Å². The third-order valence-electron chi connectivity index (χ3n) is 4.43. The van der Waals surface area contributed by atoms with Crippen molar-refractivity contribution >= 4 is 17.7 Å². The number of rotatable bonds is 6. The quantitative estimate of drug-likeness (QED) is 0.846. The molecule has 0 radical (unpaired) electrons. The molecule has 3 rings (SSSR count). The van der Waals surface area contributed by atoms with Crippen molar-refractivity contribution in [3.8, 4) is 11.5 Å². The first kappa shape index (κ1) is 18.6. The zero-order valence-electron chi connectivity index (χ0n) is 15.5. The molecule has 2 aromatic carbocycles. The molecular weight excluding hydrogens is 348 g/mol. The van der Waals surface area contributed by atoms with Crippen LogP contribution in [-0.4, -0.2) is 45.4 Å². The predicted octanol–water partition coefficient (Wildman–Crippen LogP) is 2.77. The number of carbonyl (C=O) groups excluding carboxylic acids is 2. The number of aryl methyl sites for hydroxylation is 1. The molecule has 0 bridgehead atoms. The predicted molar refractivity (Wildman–Crippen MR) is 101 cm³/mol. The molecule has 1 N–H and O–H groups in total. The maximum atomic E-state index is 12.3. The standard InChI is InChI=1S/C20H22N2O5/c1-13-6-4-5-7-16(13)19(23)21-11-15-12-22(20(24)27-15)14-8-9-17(25-2)18(10-14)26-3/h4-10,15H,11-12H2,1-3H3,(H,21,23). The second kappa shape index (κ2) is 7.99. The summed E-state index contributed by atoms with van der Waals surface area (Å²) in [5, 5.41) is 2.83. The molecule has 27 heavy (non-hydrogen) atoms. The fraction of sp³-hybridized carbons (Fsp3) is 0.300. The fourth-order valence-electron chi connectivity index (χ4n) is 2.96. The van der Waals surface area contributed by atoms with Gasteiger partial charge < -0.3 is 19.5 Å². The van der Waals surface area contributed by atoms with Crippen molar-refractivity contribution in [3.05, 3.63) is 53.6 Å². The lowest BCUT2D eigenvalue weighted by Gasteiger charge is -2.16. The number of nitrogens with one attached hydrogen (secondary N) is 1. The number of amides is 2. The molecule has 1 unspecified atom stereocenters. The van der Waals surface area contributed by atoms with Gasteiger partial charge in [-0.2, -0.15) is 0 Å². The van der Waals surface area contributed by atoms with E-state index in [0.717, 1.165) is 5.56 Å². The van der Waals surface area contributed by atoms with E-state index in [1.807, 2.05) is 25.1 Å². The molecule has 0 spiro atoms. The average Bonchev–Trinajstić information content (AvgIpc) is 3.06. The molecule has 0 saturated carbocycles. The summed E-state index contributed by atoms with van der Waals surface area (Å²) >= 11 is 0. The van der Waals surface area contributed by atoms with E-state index in [-0.39, 0.29) is 12.5 Å². The summed E-state index contributed by atoms with van der Waals surface area (Å²) in [6.45, 7) is 2.45. The van der Waals surface area contributed by atoms with Gasteiger partial charge in [0.2, 0.25) is 0 Å². The second-order valence-electron chi connectivity index (χ2n) is 6.18. The van der Waals surface area contributed by atoms with Gasteiger partial charge in [0.15, 0.2) is 11.5 Å². The first-order valence-corrected chi connectivity index (χ1v) is 8.57. The Morgan fingerprint density at radius 3 is 2.63 bits per heavy atom. The highest BCUT2D eigenvalue weighted by Crippen LogP contribution is 2.33. The smallest absolute Gasteiger partial charge is 0.414 e. The minimum Gasteiger partial charge on any atom is -0.493 e. The van der Waals surface area contributed by atoms with Crippen LogP contribution in [0.1, 0.15) is 15.9 Å². The minimum absolute atomic E-state index is 0.186. The van der Waals surface area contributed by atoms with Crippen LogP contribution in [-0.2, 0) is 4.74 Å². The summed E-state index contributed by atoms with van der Waals surface area (Å²) in [7, 11) is 3.09. The van der Waals surface area contributed by atoms with Crippen molar-refractivity contribution in [1.82, 2.24) is 5.32 Å². The summed E-state index contributed by atoms with van der Waals surface area (Å²) in [5.74, 6) is 0.920. The molecule has 1 fully saturated rings. The molecule has 0 aliphatic carbocycles. The van der Waals surface area contributed by atoms with E-state index in [4.69, 9.17) is 14.2 Å². The van der Waals surface area contributed by atoms with E-state index in [1.54, 1.807) is 31.4 Å². The Bertz CT molecular complexity index is 852. The second-order valence-corrected chi connectivity index (χ2v) is 6.18. The van der Waals surface area contributed by atoms with E-state index in [1.165, 1.54) is 12.0 Å².